The van der Waals surface area contributed by atoms with Gasteiger partial charge in [-0.1, -0.05) is 6.07 Å². The molecule has 0 aliphatic carbocycles. The number of carbonyl (C=O) groups is 1. The van der Waals surface area contributed by atoms with Crippen LogP contribution in [0.25, 0.3) is 0 Å². The van der Waals surface area contributed by atoms with Crippen LogP contribution in [0.2, 0.25) is 0 Å². The van der Waals surface area contributed by atoms with Crippen LogP contribution < -0.4 is 10.7 Å². The van der Waals surface area contributed by atoms with Gasteiger partial charge in [-0.25, -0.2) is 10.2 Å². The van der Waals surface area contributed by atoms with Crippen LogP contribution in [0.1, 0.15) is 19.5 Å². The number of urea groups is 1. The van der Waals surface area contributed by atoms with E-state index >= 15 is 0 Å². The van der Waals surface area contributed by atoms with Gasteiger partial charge in [0.2, 0.25) is 0 Å². The zero-order valence-corrected chi connectivity index (χ0v) is 9.53. The van der Waals surface area contributed by atoms with Crippen molar-refractivity contribution >= 4 is 11.7 Å². The Kier molecular flexibility index (Phi) is 4.98. The summed E-state index contributed by atoms with van der Waals surface area (Å²) in [6, 6.07) is 5.42. The van der Waals surface area contributed by atoms with Crippen LogP contribution in [0, 0.1) is 0 Å². The lowest BCUT2D eigenvalue weighted by atomic mass is 10.3. The fourth-order valence-electron chi connectivity index (χ4n) is 1.05. The Balaban J connectivity index is 2.21. The van der Waals surface area contributed by atoms with E-state index in [4.69, 9.17) is 0 Å². The van der Waals surface area contributed by atoms with Crippen LogP contribution in [0.4, 0.5) is 4.79 Å². The van der Waals surface area contributed by atoms with E-state index in [0.29, 0.717) is 13.0 Å². The molecule has 0 bridgehead atoms. The van der Waals surface area contributed by atoms with Crippen LogP contribution in [0.3, 0.4) is 0 Å². The lowest BCUT2D eigenvalue weighted by Gasteiger charge is -2.03. The summed E-state index contributed by atoms with van der Waals surface area (Å²) in [7, 11) is 0. The van der Waals surface area contributed by atoms with Crippen LogP contribution >= 0.6 is 0 Å². The van der Waals surface area contributed by atoms with Crippen molar-refractivity contribution in [1.29, 1.82) is 0 Å². The van der Waals surface area contributed by atoms with Gasteiger partial charge in [0.1, 0.15) is 0 Å². The van der Waals surface area contributed by atoms with Gasteiger partial charge in [0.25, 0.3) is 0 Å². The number of aromatic nitrogens is 1. The van der Waals surface area contributed by atoms with E-state index in [1.807, 2.05) is 32.0 Å². The maximum atomic E-state index is 11.2. The number of nitrogens with zero attached hydrogens (tertiary/aromatic N) is 2. The van der Waals surface area contributed by atoms with Gasteiger partial charge in [-0.2, -0.15) is 5.10 Å². The topological polar surface area (TPSA) is 66.4 Å². The fourth-order valence-corrected chi connectivity index (χ4v) is 1.05. The number of pyridine rings is 1. The van der Waals surface area contributed by atoms with Gasteiger partial charge >= 0.3 is 6.03 Å². The van der Waals surface area contributed by atoms with E-state index in [1.165, 1.54) is 0 Å². The predicted molar refractivity (Wildman–Crippen MR) is 63.3 cm³/mol. The third-order valence-corrected chi connectivity index (χ3v) is 1.77. The molecule has 86 valence electrons. The first-order valence-corrected chi connectivity index (χ1v) is 5.13. The summed E-state index contributed by atoms with van der Waals surface area (Å²) in [5.41, 5.74) is 4.15. The zero-order valence-electron chi connectivity index (χ0n) is 9.53. The first-order valence-electron chi connectivity index (χ1n) is 5.13. The van der Waals surface area contributed by atoms with Crippen molar-refractivity contribution in [3.05, 3.63) is 30.1 Å². The fraction of sp³-hybridized carbons (Fsp3) is 0.364. The van der Waals surface area contributed by atoms with E-state index < -0.39 is 0 Å². The van der Waals surface area contributed by atoms with Crippen LogP contribution in [-0.4, -0.2) is 23.3 Å². The highest BCUT2D eigenvalue weighted by molar-refractivity contribution is 5.81. The summed E-state index contributed by atoms with van der Waals surface area (Å²) in [5.74, 6) is 0. The van der Waals surface area contributed by atoms with E-state index in [9.17, 15) is 4.79 Å². The molecule has 1 rings (SSSR count). The minimum absolute atomic E-state index is 0.294. The maximum Gasteiger partial charge on any atom is 0.335 e. The average molecular weight is 220 g/mol. The summed E-state index contributed by atoms with van der Waals surface area (Å²) >= 11 is 0. The maximum absolute atomic E-state index is 11.2. The Bertz CT molecular complexity index is 358. The molecule has 0 atom stereocenters. The largest absolute Gasteiger partial charge is 0.336 e. The highest BCUT2D eigenvalue weighted by Gasteiger charge is 1.98. The second kappa shape index (κ2) is 6.55. The summed E-state index contributed by atoms with van der Waals surface area (Å²) < 4.78 is 0. The van der Waals surface area contributed by atoms with Crippen molar-refractivity contribution in [2.75, 3.05) is 6.54 Å². The second-order valence-corrected chi connectivity index (χ2v) is 3.50. The second-order valence-electron chi connectivity index (χ2n) is 3.50. The van der Waals surface area contributed by atoms with Crippen LogP contribution in [0.15, 0.2) is 29.5 Å². The number of amides is 2. The molecule has 0 aliphatic heterocycles. The van der Waals surface area contributed by atoms with Crippen molar-refractivity contribution in [2.45, 2.75) is 20.3 Å². The molecular weight excluding hydrogens is 204 g/mol. The monoisotopic (exact) mass is 220 g/mol. The van der Waals surface area contributed by atoms with Crippen molar-refractivity contribution in [2.24, 2.45) is 5.10 Å². The Morgan fingerprint density at radius 3 is 2.88 bits per heavy atom. The Labute approximate surface area is 95.0 Å². The standard InChI is InChI=1S/C11H16N4O/c1-9(2)14-15-11(16)13-8-6-10-5-3-4-7-12-10/h3-5,7H,6,8H2,1-2H3,(H2,13,15,16). The molecule has 0 unspecified atom stereocenters. The highest BCUT2D eigenvalue weighted by atomic mass is 16.2. The van der Waals surface area contributed by atoms with Gasteiger partial charge < -0.3 is 5.32 Å². The number of hydrogen-bond acceptors (Lipinski definition) is 3. The smallest absolute Gasteiger partial charge is 0.335 e. The normalized spacial score (nSPS) is 9.38. The minimum Gasteiger partial charge on any atom is -0.336 e. The molecule has 5 heteroatoms. The van der Waals surface area contributed by atoms with Crippen LogP contribution in [0.5, 0.6) is 0 Å². The summed E-state index contributed by atoms with van der Waals surface area (Å²) in [5, 5.41) is 6.48. The van der Waals surface area contributed by atoms with Gasteiger partial charge in [-0.3, -0.25) is 4.98 Å². The van der Waals surface area contributed by atoms with Crippen molar-refractivity contribution in [3.8, 4) is 0 Å². The van der Waals surface area contributed by atoms with E-state index in [-0.39, 0.29) is 6.03 Å². The van der Waals surface area contributed by atoms with E-state index in [2.05, 4.69) is 20.8 Å². The zero-order chi connectivity index (χ0) is 11.8. The molecule has 1 aromatic heterocycles. The molecule has 0 saturated heterocycles. The molecule has 5 nitrogen and oxygen atoms in total. The molecule has 16 heavy (non-hydrogen) atoms. The molecule has 2 N–H and O–H groups in total. The van der Waals surface area contributed by atoms with Crippen LogP contribution in [-0.2, 0) is 6.42 Å². The lowest BCUT2D eigenvalue weighted by molar-refractivity contribution is 0.241. The quantitative estimate of drug-likeness (QED) is 0.593. The molecule has 1 aromatic rings. The Morgan fingerprint density at radius 2 is 2.25 bits per heavy atom. The molecule has 0 fully saturated rings. The SMILES string of the molecule is CC(C)=NNC(=O)NCCc1ccccn1. The van der Waals surface area contributed by atoms with Crippen molar-refractivity contribution in [3.63, 3.8) is 0 Å². The molecule has 0 aliphatic rings. The third kappa shape index (κ3) is 5.09. The third-order valence-electron chi connectivity index (χ3n) is 1.77. The highest BCUT2D eigenvalue weighted by Crippen LogP contribution is 1.92. The van der Waals surface area contributed by atoms with Crippen molar-refractivity contribution < 1.29 is 4.79 Å². The Morgan fingerprint density at radius 1 is 1.44 bits per heavy atom. The molecule has 0 saturated carbocycles. The molecule has 0 aromatic carbocycles. The lowest BCUT2D eigenvalue weighted by Crippen LogP contribution is -2.34. The number of hydrogen-bond donors (Lipinski definition) is 2. The molecule has 1 heterocycles. The molecule has 2 amide bonds. The number of hydrazone groups is 1. The number of nitrogens with one attached hydrogen (secondary N) is 2. The average Bonchev–Trinajstić information content (AvgIpc) is 2.28. The van der Waals surface area contributed by atoms with E-state index in [0.717, 1.165) is 11.4 Å². The van der Waals surface area contributed by atoms with Gasteiger partial charge in [0.15, 0.2) is 0 Å². The minimum atomic E-state index is -0.294. The predicted octanol–water partition coefficient (Wildman–Crippen LogP) is 1.32. The number of carbonyl (C=O) groups excluding carboxylic acids is 1. The summed E-state index contributed by atoms with van der Waals surface area (Å²) in [6.45, 7) is 4.17. The number of rotatable bonds is 4. The van der Waals surface area contributed by atoms with Crippen molar-refractivity contribution in [1.82, 2.24) is 15.7 Å². The summed E-state index contributed by atoms with van der Waals surface area (Å²) in [6.07, 6.45) is 2.45. The van der Waals surface area contributed by atoms with Gasteiger partial charge in [0.05, 0.1) is 0 Å². The first kappa shape index (κ1) is 12.2. The molecule has 0 spiro atoms. The van der Waals surface area contributed by atoms with Gasteiger partial charge in [-0.05, 0) is 26.0 Å². The van der Waals surface area contributed by atoms with E-state index in [1.54, 1.807) is 6.20 Å². The summed E-state index contributed by atoms with van der Waals surface area (Å²) in [4.78, 5) is 15.3. The Hall–Kier alpha value is -1.91. The van der Waals surface area contributed by atoms with Gasteiger partial charge in [0, 0.05) is 30.6 Å². The van der Waals surface area contributed by atoms with Gasteiger partial charge in [-0.15, -0.1) is 0 Å². The molecular formula is C11H16N4O. The first-order chi connectivity index (χ1) is 7.68. The molecule has 0 radical (unpaired) electrons.